The summed E-state index contributed by atoms with van der Waals surface area (Å²) in [6.45, 7) is 7.24. The summed E-state index contributed by atoms with van der Waals surface area (Å²) in [7, 11) is 2.07. The number of likely N-dealkylation sites (N-methyl/N-ethyl adjacent to an activating group) is 1. The molecule has 0 saturated carbocycles. The number of likely N-dealkylation sites (tertiary alicyclic amines) is 1. The first kappa shape index (κ1) is 10.7. The van der Waals surface area contributed by atoms with Crippen LogP contribution in [-0.2, 0) is 4.79 Å². The standard InChI is InChI=1S/C11H21NO/c1-5-9-7-12(4)11(8(3)13)10(9)6-2/h9-11H,5-7H2,1-4H3. The average Bonchev–Trinajstić information content (AvgIpc) is 2.41. The van der Waals surface area contributed by atoms with E-state index in [1.807, 2.05) is 0 Å². The van der Waals surface area contributed by atoms with Gasteiger partial charge in [0.1, 0.15) is 5.78 Å². The summed E-state index contributed by atoms with van der Waals surface area (Å²) in [6, 6.07) is 0.190. The van der Waals surface area contributed by atoms with Crippen molar-refractivity contribution in [3.63, 3.8) is 0 Å². The van der Waals surface area contributed by atoms with E-state index in [2.05, 4.69) is 25.8 Å². The second kappa shape index (κ2) is 4.23. The van der Waals surface area contributed by atoms with Gasteiger partial charge in [0, 0.05) is 6.54 Å². The summed E-state index contributed by atoms with van der Waals surface area (Å²) < 4.78 is 0. The van der Waals surface area contributed by atoms with Crippen molar-refractivity contribution in [2.75, 3.05) is 13.6 Å². The SMILES string of the molecule is CCC1CN(C)C(C(C)=O)C1CC. The number of carbonyl (C=O) groups is 1. The predicted octanol–water partition coefficient (Wildman–Crippen LogP) is 1.94. The van der Waals surface area contributed by atoms with Gasteiger partial charge in [0.25, 0.3) is 0 Å². The molecule has 13 heavy (non-hydrogen) atoms. The number of carbonyl (C=O) groups excluding carboxylic acids is 1. The fraction of sp³-hybridized carbons (Fsp3) is 0.909. The third-order valence-electron chi connectivity index (χ3n) is 3.42. The Bertz CT molecular complexity index is 191. The molecule has 2 heteroatoms. The Kier molecular flexibility index (Phi) is 3.48. The molecule has 1 heterocycles. The minimum atomic E-state index is 0.190. The number of hydrogen-bond acceptors (Lipinski definition) is 2. The van der Waals surface area contributed by atoms with E-state index in [0.717, 1.165) is 18.9 Å². The molecule has 0 aromatic rings. The Morgan fingerprint density at radius 1 is 1.38 bits per heavy atom. The molecule has 0 aromatic heterocycles. The van der Waals surface area contributed by atoms with Crippen molar-refractivity contribution < 1.29 is 4.79 Å². The maximum absolute atomic E-state index is 11.4. The quantitative estimate of drug-likeness (QED) is 0.666. The minimum Gasteiger partial charge on any atom is -0.298 e. The molecule has 0 amide bonds. The van der Waals surface area contributed by atoms with Crippen LogP contribution in [0.25, 0.3) is 0 Å². The molecule has 0 aliphatic carbocycles. The molecule has 1 rings (SSSR count). The molecule has 1 aliphatic heterocycles. The van der Waals surface area contributed by atoms with Crippen LogP contribution in [-0.4, -0.2) is 30.3 Å². The first-order valence-corrected chi connectivity index (χ1v) is 5.32. The van der Waals surface area contributed by atoms with Gasteiger partial charge in [-0.25, -0.2) is 0 Å². The lowest BCUT2D eigenvalue weighted by Gasteiger charge is -2.22. The van der Waals surface area contributed by atoms with E-state index >= 15 is 0 Å². The fourth-order valence-corrected chi connectivity index (χ4v) is 2.80. The fourth-order valence-electron chi connectivity index (χ4n) is 2.80. The number of Topliss-reactive ketones (excluding diaryl/α,β-unsaturated/α-hetero) is 1. The molecule has 3 atom stereocenters. The van der Waals surface area contributed by atoms with Crippen LogP contribution in [0.4, 0.5) is 0 Å². The molecule has 0 aromatic carbocycles. The molecule has 1 fully saturated rings. The van der Waals surface area contributed by atoms with Gasteiger partial charge in [0.05, 0.1) is 6.04 Å². The number of ketones is 1. The van der Waals surface area contributed by atoms with Crippen LogP contribution < -0.4 is 0 Å². The molecule has 76 valence electrons. The van der Waals surface area contributed by atoms with Crippen molar-refractivity contribution >= 4 is 5.78 Å². The Hall–Kier alpha value is -0.370. The third-order valence-corrected chi connectivity index (χ3v) is 3.42. The summed E-state index contributed by atoms with van der Waals surface area (Å²) in [5.74, 6) is 1.65. The van der Waals surface area contributed by atoms with Gasteiger partial charge in [-0.1, -0.05) is 26.7 Å². The highest BCUT2D eigenvalue weighted by molar-refractivity contribution is 5.82. The molecule has 1 saturated heterocycles. The number of rotatable bonds is 3. The highest BCUT2D eigenvalue weighted by Gasteiger charge is 2.39. The zero-order valence-corrected chi connectivity index (χ0v) is 9.21. The molecular weight excluding hydrogens is 162 g/mol. The van der Waals surface area contributed by atoms with Crippen LogP contribution in [0.3, 0.4) is 0 Å². The van der Waals surface area contributed by atoms with Crippen molar-refractivity contribution in [2.24, 2.45) is 11.8 Å². The number of hydrogen-bond donors (Lipinski definition) is 0. The first-order valence-electron chi connectivity index (χ1n) is 5.32. The van der Waals surface area contributed by atoms with Gasteiger partial charge < -0.3 is 0 Å². The van der Waals surface area contributed by atoms with Gasteiger partial charge >= 0.3 is 0 Å². The van der Waals surface area contributed by atoms with Gasteiger partial charge in [0.15, 0.2) is 0 Å². The molecule has 0 N–H and O–H groups in total. The lowest BCUT2D eigenvalue weighted by molar-refractivity contribution is -0.122. The van der Waals surface area contributed by atoms with Crippen molar-refractivity contribution in [1.82, 2.24) is 4.90 Å². The summed E-state index contributed by atoms with van der Waals surface area (Å²) in [6.07, 6.45) is 2.33. The van der Waals surface area contributed by atoms with E-state index in [9.17, 15) is 4.79 Å². The summed E-state index contributed by atoms with van der Waals surface area (Å²) in [4.78, 5) is 13.7. The monoisotopic (exact) mass is 183 g/mol. The molecular formula is C11H21NO. The van der Waals surface area contributed by atoms with Crippen LogP contribution in [0.2, 0.25) is 0 Å². The zero-order valence-electron chi connectivity index (χ0n) is 9.21. The summed E-state index contributed by atoms with van der Waals surface area (Å²) in [5.41, 5.74) is 0. The lowest BCUT2D eigenvalue weighted by Crippen LogP contribution is -2.35. The molecule has 0 spiro atoms. The van der Waals surface area contributed by atoms with Crippen LogP contribution in [0, 0.1) is 11.8 Å². The van der Waals surface area contributed by atoms with Gasteiger partial charge in [-0.15, -0.1) is 0 Å². The molecule has 2 nitrogen and oxygen atoms in total. The van der Waals surface area contributed by atoms with Crippen LogP contribution >= 0.6 is 0 Å². The number of nitrogens with zero attached hydrogens (tertiary/aromatic N) is 1. The zero-order chi connectivity index (χ0) is 10.0. The van der Waals surface area contributed by atoms with Gasteiger partial charge in [-0.05, 0) is 25.8 Å². The van der Waals surface area contributed by atoms with E-state index in [1.54, 1.807) is 6.92 Å². The van der Waals surface area contributed by atoms with Gasteiger partial charge in [-0.3, -0.25) is 9.69 Å². The normalized spacial score (nSPS) is 35.2. The molecule has 0 bridgehead atoms. The summed E-state index contributed by atoms with van der Waals surface area (Å²) >= 11 is 0. The van der Waals surface area contributed by atoms with E-state index in [1.165, 1.54) is 6.42 Å². The topological polar surface area (TPSA) is 20.3 Å². The van der Waals surface area contributed by atoms with E-state index in [-0.39, 0.29) is 6.04 Å². The second-order valence-electron chi connectivity index (χ2n) is 4.24. The Labute approximate surface area is 81.3 Å². The van der Waals surface area contributed by atoms with Crippen LogP contribution in [0.5, 0.6) is 0 Å². The largest absolute Gasteiger partial charge is 0.298 e. The average molecular weight is 183 g/mol. The van der Waals surface area contributed by atoms with Crippen molar-refractivity contribution in [1.29, 1.82) is 0 Å². The van der Waals surface area contributed by atoms with Gasteiger partial charge in [0.2, 0.25) is 0 Å². The van der Waals surface area contributed by atoms with E-state index in [4.69, 9.17) is 0 Å². The molecule has 3 unspecified atom stereocenters. The van der Waals surface area contributed by atoms with Crippen molar-refractivity contribution in [3.8, 4) is 0 Å². The Morgan fingerprint density at radius 2 is 2.00 bits per heavy atom. The Morgan fingerprint density at radius 3 is 2.38 bits per heavy atom. The highest BCUT2D eigenvalue weighted by Crippen LogP contribution is 2.33. The van der Waals surface area contributed by atoms with Crippen LogP contribution in [0.15, 0.2) is 0 Å². The maximum Gasteiger partial charge on any atom is 0.147 e. The second-order valence-corrected chi connectivity index (χ2v) is 4.24. The molecule has 1 aliphatic rings. The molecule has 0 radical (unpaired) electrons. The Balaban J connectivity index is 2.76. The highest BCUT2D eigenvalue weighted by atomic mass is 16.1. The summed E-state index contributed by atoms with van der Waals surface area (Å²) in [5, 5.41) is 0. The van der Waals surface area contributed by atoms with Crippen LogP contribution in [0.1, 0.15) is 33.6 Å². The van der Waals surface area contributed by atoms with E-state index in [0.29, 0.717) is 11.7 Å². The smallest absolute Gasteiger partial charge is 0.147 e. The predicted molar refractivity (Wildman–Crippen MR) is 54.7 cm³/mol. The third kappa shape index (κ3) is 1.93. The minimum absolute atomic E-state index is 0.190. The van der Waals surface area contributed by atoms with Crippen molar-refractivity contribution in [2.45, 2.75) is 39.7 Å². The van der Waals surface area contributed by atoms with Gasteiger partial charge in [-0.2, -0.15) is 0 Å². The van der Waals surface area contributed by atoms with E-state index < -0.39 is 0 Å². The maximum atomic E-state index is 11.4. The first-order chi connectivity index (χ1) is 6.11. The lowest BCUT2D eigenvalue weighted by atomic mass is 9.85. The van der Waals surface area contributed by atoms with Crippen molar-refractivity contribution in [3.05, 3.63) is 0 Å².